The lowest BCUT2D eigenvalue weighted by atomic mass is 10.1. The van der Waals surface area contributed by atoms with Crippen molar-refractivity contribution in [3.63, 3.8) is 0 Å². The molecule has 1 aliphatic heterocycles. The Balaban J connectivity index is 2.23. The van der Waals surface area contributed by atoms with Crippen LogP contribution in [0.5, 0.6) is 0 Å². The van der Waals surface area contributed by atoms with E-state index in [2.05, 4.69) is 10.2 Å². The molecule has 0 radical (unpaired) electrons. The molecule has 1 amide bonds. The minimum Gasteiger partial charge on any atom is -0.362 e. The van der Waals surface area contributed by atoms with E-state index >= 15 is 0 Å². The fourth-order valence-electron chi connectivity index (χ4n) is 1.80. The van der Waals surface area contributed by atoms with Crippen molar-refractivity contribution in [2.45, 2.75) is 31.8 Å². The normalized spacial score (nSPS) is 23.6. The molecule has 0 spiro atoms. The number of amides is 1. The molecule has 1 aliphatic rings. The summed E-state index contributed by atoms with van der Waals surface area (Å²) in [7, 11) is 0. The molecule has 0 aromatic carbocycles. The molecule has 104 valence electrons. The van der Waals surface area contributed by atoms with Gasteiger partial charge >= 0.3 is 6.18 Å². The molecular weight excluding hydrogens is 265 g/mol. The topological polar surface area (TPSA) is 70.7 Å². The van der Waals surface area contributed by atoms with Crippen LogP contribution in [0.15, 0.2) is 23.6 Å². The summed E-state index contributed by atoms with van der Waals surface area (Å²) in [5, 5.41) is 17.0. The first kappa shape index (κ1) is 13.5. The molecule has 0 aliphatic carbocycles. The Morgan fingerprint density at radius 3 is 2.79 bits per heavy atom. The first-order chi connectivity index (χ1) is 8.74. The molecule has 9 heteroatoms. The summed E-state index contributed by atoms with van der Waals surface area (Å²) in [5.41, 5.74) is -3.24. The van der Waals surface area contributed by atoms with Crippen LogP contribution >= 0.6 is 0 Å². The van der Waals surface area contributed by atoms with Crippen LogP contribution in [-0.4, -0.2) is 43.4 Å². The Hall–Kier alpha value is -1.90. The summed E-state index contributed by atoms with van der Waals surface area (Å²) in [6.07, 6.45) is -2.91. The molecule has 0 bridgehead atoms. The molecule has 1 atom stereocenters. The van der Waals surface area contributed by atoms with Crippen molar-refractivity contribution < 1.29 is 23.1 Å². The molecule has 0 fully saturated rings. The lowest BCUT2D eigenvalue weighted by Crippen LogP contribution is -2.57. The van der Waals surface area contributed by atoms with Gasteiger partial charge < -0.3 is 5.11 Å². The van der Waals surface area contributed by atoms with Crippen molar-refractivity contribution in [1.29, 1.82) is 0 Å². The molecule has 0 saturated heterocycles. The van der Waals surface area contributed by atoms with Crippen LogP contribution in [0.25, 0.3) is 0 Å². The molecule has 2 rings (SSSR count). The molecule has 2 heterocycles. The van der Waals surface area contributed by atoms with Gasteiger partial charge in [0.05, 0.1) is 0 Å². The van der Waals surface area contributed by atoms with Crippen LogP contribution in [0.3, 0.4) is 0 Å². The van der Waals surface area contributed by atoms with E-state index in [0.717, 1.165) is 4.68 Å². The van der Waals surface area contributed by atoms with Gasteiger partial charge in [0.1, 0.15) is 6.54 Å². The molecule has 19 heavy (non-hydrogen) atoms. The van der Waals surface area contributed by atoms with Gasteiger partial charge in [0, 0.05) is 24.5 Å². The third-order valence-electron chi connectivity index (χ3n) is 2.67. The molecule has 0 saturated carbocycles. The summed E-state index contributed by atoms with van der Waals surface area (Å²) >= 11 is 0. The quantitative estimate of drug-likeness (QED) is 0.866. The Bertz CT molecular complexity index is 511. The van der Waals surface area contributed by atoms with Gasteiger partial charge in [-0.05, 0) is 13.0 Å². The van der Waals surface area contributed by atoms with Gasteiger partial charge in [-0.2, -0.15) is 28.4 Å². The number of carbonyl (C=O) groups is 1. The molecule has 6 nitrogen and oxygen atoms in total. The Labute approximate surface area is 106 Å². The number of hydrazone groups is 1. The highest BCUT2D eigenvalue weighted by molar-refractivity contribution is 5.89. The zero-order valence-electron chi connectivity index (χ0n) is 9.92. The van der Waals surface area contributed by atoms with Crippen LogP contribution in [0.4, 0.5) is 13.2 Å². The Morgan fingerprint density at radius 1 is 1.58 bits per heavy atom. The average molecular weight is 276 g/mol. The predicted octanol–water partition coefficient (Wildman–Crippen LogP) is 0.742. The van der Waals surface area contributed by atoms with Crippen molar-refractivity contribution in [2.75, 3.05) is 0 Å². The fraction of sp³-hybridized carbons (Fsp3) is 0.500. The monoisotopic (exact) mass is 276 g/mol. The van der Waals surface area contributed by atoms with Crippen molar-refractivity contribution in [3.05, 3.63) is 18.5 Å². The average Bonchev–Trinajstić information content (AvgIpc) is 2.85. The smallest absolute Gasteiger partial charge is 0.362 e. The van der Waals surface area contributed by atoms with Gasteiger partial charge in [-0.15, -0.1) is 0 Å². The minimum atomic E-state index is -4.98. The van der Waals surface area contributed by atoms with Gasteiger partial charge in [-0.3, -0.25) is 9.48 Å². The van der Waals surface area contributed by atoms with E-state index < -0.39 is 30.8 Å². The Kier molecular flexibility index (Phi) is 3.09. The maximum absolute atomic E-state index is 12.9. The molecular formula is C10H11F3N4O2. The van der Waals surface area contributed by atoms with E-state index in [0.29, 0.717) is 0 Å². The van der Waals surface area contributed by atoms with E-state index in [1.807, 2.05) is 0 Å². The number of aliphatic hydroxyl groups is 1. The van der Waals surface area contributed by atoms with Crippen molar-refractivity contribution >= 4 is 11.6 Å². The standard InChI is InChI=1S/C10H11F3N4O2/c1-7-5-9(19,10(11,12)13)17(15-7)8(18)6-16-4-2-3-14-16/h2-4,19H,5-6H2,1H3. The van der Waals surface area contributed by atoms with Gasteiger partial charge in [0.25, 0.3) is 11.6 Å². The largest absolute Gasteiger partial charge is 0.438 e. The number of rotatable bonds is 2. The van der Waals surface area contributed by atoms with Gasteiger partial charge in [-0.1, -0.05) is 0 Å². The second-order valence-electron chi connectivity index (χ2n) is 4.24. The highest BCUT2D eigenvalue weighted by Crippen LogP contribution is 2.40. The van der Waals surface area contributed by atoms with Crippen LogP contribution in [-0.2, 0) is 11.3 Å². The second-order valence-corrected chi connectivity index (χ2v) is 4.24. The summed E-state index contributed by atoms with van der Waals surface area (Å²) in [6, 6.07) is 1.53. The SMILES string of the molecule is CC1=NN(C(=O)Cn2cccn2)C(O)(C(F)(F)F)C1. The fourth-order valence-corrected chi connectivity index (χ4v) is 1.80. The number of nitrogens with zero attached hydrogens (tertiary/aromatic N) is 4. The van der Waals surface area contributed by atoms with E-state index in [4.69, 9.17) is 0 Å². The van der Waals surface area contributed by atoms with Crippen molar-refractivity contribution in [3.8, 4) is 0 Å². The molecule has 1 unspecified atom stereocenters. The van der Waals surface area contributed by atoms with Crippen molar-refractivity contribution in [2.24, 2.45) is 5.10 Å². The second kappa shape index (κ2) is 4.34. The van der Waals surface area contributed by atoms with Gasteiger partial charge in [-0.25, -0.2) is 0 Å². The number of hydrogen-bond donors (Lipinski definition) is 1. The van der Waals surface area contributed by atoms with Crippen LogP contribution in [0.1, 0.15) is 13.3 Å². The molecule has 1 aromatic rings. The molecule has 1 N–H and O–H groups in total. The minimum absolute atomic E-state index is 0.0358. The molecule has 1 aromatic heterocycles. The number of hydrogen-bond acceptors (Lipinski definition) is 4. The van der Waals surface area contributed by atoms with Crippen LogP contribution in [0.2, 0.25) is 0 Å². The van der Waals surface area contributed by atoms with Crippen LogP contribution < -0.4 is 0 Å². The highest BCUT2D eigenvalue weighted by atomic mass is 19.4. The Morgan fingerprint density at radius 2 is 2.26 bits per heavy atom. The lowest BCUT2D eigenvalue weighted by Gasteiger charge is -2.32. The van der Waals surface area contributed by atoms with Gasteiger partial charge in [0.2, 0.25) is 0 Å². The van der Waals surface area contributed by atoms with E-state index in [-0.39, 0.29) is 10.7 Å². The lowest BCUT2D eigenvalue weighted by molar-refractivity contribution is -0.302. The summed E-state index contributed by atoms with van der Waals surface area (Å²) in [4.78, 5) is 11.8. The maximum atomic E-state index is 12.9. The number of carbonyl (C=O) groups excluding carboxylic acids is 1. The van der Waals surface area contributed by atoms with Crippen molar-refractivity contribution in [1.82, 2.24) is 14.8 Å². The first-order valence-corrected chi connectivity index (χ1v) is 5.38. The van der Waals surface area contributed by atoms with E-state index in [1.54, 1.807) is 0 Å². The van der Waals surface area contributed by atoms with E-state index in [1.165, 1.54) is 25.4 Å². The summed E-state index contributed by atoms with van der Waals surface area (Å²) in [5.74, 6) is -0.986. The summed E-state index contributed by atoms with van der Waals surface area (Å²) in [6.45, 7) is 0.889. The number of alkyl halides is 3. The van der Waals surface area contributed by atoms with Crippen LogP contribution in [0, 0.1) is 0 Å². The number of halogens is 3. The van der Waals surface area contributed by atoms with Gasteiger partial charge in [0.15, 0.2) is 0 Å². The third kappa shape index (κ3) is 2.33. The predicted molar refractivity (Wildman–Crippen MR) is 57.8 cm³/mol. The number of aromatic nitrogens is 2. The zero-order valence-corrected chi connectivity index (χ0v) is 9.92. The third-order valence-corrected chi connectivity index (χ3v) is 2.67. The zero-order chi connectivity index (χ0) is 14.3. The van der Waals surface area contributed by atoms with E-state index in [9.17, 15) is 23.1 Å². The summed E-state index contributed by atoms with van der Waals surface area (Å²) < 4.78 is 39.8. The maximum Gasteiger partial charge on any atom is 0.438 e. The first-order valence-electron chi connectivity index (χ1n) is 5.38. The highest BCUT2D eigenvalue weighted by Gasteiger charge is 2.62.